The molecule has 2 unspecified atom stereocenters. The molecule has 0 radical (unpaired) electrons. The summed E-state index contributed by atoms with van der Waals surface area (Å²) in [5.41, 5.74) is -0.200. The lowest BCUT2D eigenvalue weighted by molar-refractivity contribution is -0.136. The highest BCUT2D eigenvalue weighted by molar-refractivity contribution is 5.89. The van der Waals surface area contributed by atoms with Gasteiger partial charge in [-0.25, -0.2) is 0 Å². The van der Waals surface area contributed by atoms with Crippen LogP contribution < -0.4 is 5.32 Å². The van der Waals surface area contributed by atoms with Gasteiger partial charge in [0.25, 0.3) is 0 Å². The molecule has 1 saturated carbocycles. The molecule has 1 amide bonds. The number of nitrogens with one attached hydrogen (secondary N) is 1. The first-order valence-corrected chi connectivity index (χ1v) is 9.03. The number of carbonyl (C=O) groups excluding carboxylic acids is 1. The first-order chi connectivity index (χ1) is 10.2. The van der Waals surface area contributed by atoms with E-state index in [-0.39, 0.29) is 11.7 Å². The van der Waals surface area contributed by atoms with Gasteiger partial charge in [0.15, 0.2) is 0 Å². The second-order valence-corrected chi connectivity index (χ2v) is 7.14. The lowest BCUT2D eigenvalue weighted by Gasteiger charge is -2.39. The lowest BCUT2D eigenvalue weighted by Crippen LogP contribution is -2.52. The topological polar surface area (TPSA) is 35.6 Å². The zero-order chi connectivity index (χ0) is 14.9. The van der Waals surface area contributed by atoms with E-state index in [1.54, 1.807) is 0 Å². The molecule has 2 atom stereocenters. The van der Waals surface area contributed by atoms with Crippen molar-refractivity contribution in [3.05, 3.63) is 0 Å². The number of carbonyl (C=O) groups is 1. The van der Waals surface area contributed by atoms with E-state index >= 15 is 0 Å². The molecule has 1 N–H and O–H groups in total. The minimum absolute atomic E-state index is 0.200. The van der Waals surface area contributed by atoms with Crippen LogP contribution in [0.15, 0.2) is 0 Å². The summed E-state index contributed by atoms with van der Waals surface area (Å²) in [6.07, 6.45) is 9.43. The quantitative estimate of drug-likeness (QED) is 0.864. The van der Waals surface area contributed by atoms with Gasteiger partial charge in [-0.15, -0.1) is 0 Å². The minimum atomic E-state index is -0.200. The largest absolute Gasteiger partial charge is 0.321 e. The van der Waals surface area contributed by atoms with Crippen LogP contribution in [0.1, 0.15) is 65.2 Å². The summed E-state index contributed by atoms with van der Waals surface area (Å²) >= 11 is 0. The fourth-order valence-corrected chi connectivity index (χ4v) is 4.63. The van der Waals surface area contributed by atoms with Gasteiger partial charge in [-0.2, -0.15) is 0 Å². The summed E-state index contributed by atoms with van der Waals surface area (Å²) in [6.45, 7) is 7.83. The molecule has 4 heteroatoms. The molecule has 2 aliphatic heterocycles. The average Bonchev–Trinajstić information content (AvgIpc) is 3.07. The smallest absolute Gasteiger partial charge is 0.244 e. The molecular weight excluding hydrogens is 262 g/mol. The summed E-state index contributed by atoms with van der Waals surface area (Å²) in [7, 11) is 0. The molecule has 0 aromatic rings. The maximum atomic E-state index is 13.2. The van der Waals surface area contributed by atoms with Gasteiger partial charge in [0.1, 0.15) is 0 Å². The van der Waals surface area contributed by atoms with Crippen molar-refractivity contribution in [1.29, 1.82) is 0 Å². The fraction of sp³-hybridized carbons (Fsp3) is 0.941. The van der Waals surface area contributed by atoms with E-state index in [4.69, 9.17) is 0 Å². The SMILES string of the molecule is CCCC1NC2(CCCC2)C(=O)N1C1CCCN(CC)C1. The summed E-state index contributed by atoms with van der Waals surface area (Å²) in [5, 5.41) is 3.76. The van der Waals surface area contributed by atoms with Gasteiger partial charge in [0, 0.05) is 12.6 Å². The first kappa shape index (κ1) is 15.3. The van der Waals surface area contributed by atoms with E-state index < -0.39 is 0 Å². The third-order valence-corrected chi connectivity index (χ3v) is 5.76. The van der Waals surface area contributed by atoms with Gasteiger partial charge in [-0.1, -0.05) is 33.1 Å². The van der Waals surface area contributed by atoms with Gasteiger partial charge in [0.2, 0.25) is 5.91 Å². The summed E-state index contributed by atoms with van der Waals surface area (Å²) in [4.78, 5) is 17.9. The third kappa shape index (κ3) is 2.72. The number of hydrogen-bond acceptors (Lipinski definition) is 3. The predicted octanol–water partition coefficient (Wildman–Crippen LogP) is 2.34. The van der Waals surface area contributed by atoms with Crippen LogP contribution in [-0.4, -0.2) is 53.1 Å². The van der Waals surface area contributed by atoms with Crippen molar-refractivity contribution in [3.8, 4) is 0 Å². The highest BCUT2D eigenvalue weighted by atomic mass is 16.2. The molecule has 4 nitrogen and oxygen atoms in total. The number of amides is 1. The molecule has 3 rings (SSSR count). The molecule has 1 aliphatic carbocycles. The number of likely N-dealkylation sites (tertiary alicyclic amines) is 1. The van der Waals surface area contributed by atoms with Crippen LogP contribution in [0.5, 0.6) is 0 Å². The van der Waals surface area contributed by atoms with Crippen LogP contribution in [-0.2, 0) is 4.79 Å². The zero-order valence-electron chi connectivity index (χ0n) is 13.7. The molecule has 2 saturated heterocycles. The third-order valence-electron chi connectivity index (χ3n) is 5.76. The van der Waals surface area contributed by atoms with Crippen LogP contribution in [0, 0.1) is 0 Å². The Morgan fingerprint density at radius 2 is 2.00 bits per heavy atom. The lowest BCUT2D eigenvalue weighted by atomic mass is 9.96. The van der Waals surface area contributed by atoms with Crippen molar-refractivity contribution in [1.82, 2.24) is 15.1 Å². The van der Waals surface area contributed by atoms with Gasteiger partial charge >= 0.3 is 0 Å². The molecular formula is C17H31N3O. The van der Waals surface area contributed by atoms with E-state index in [2.05, 4.69) is 29.0 Å². The Kier molecular flexibility index (Phi) is 4.55. The summed E-state index contributed by atoms with van der Waals surface area (Å²) in [6, 6.07) is 0.426. The molecule has 120 valence electrons. The van der Waals surface area contributed by atoms with Crippen LogP contribution in [0.3, 0.4) is 0 Å². The standard InChI is InChI=1S/C17H31N3O/c1-3-8-15-18-17(10-5-6-11-17)16(21)20(15)14-9-7-12-19(4-2)13-14/h14-15,18H,3-13H2,1-2H3. The monoisotopic (exact) mass is 293 g/mol. The Balaban J connectivity index is 1.78. The molecule has 1 spiro atoms. The van der Waals surface area contributed by atoms with Crippen molar-refractivity contribution in [2.45, 2.75) is 83.0 Å². The fourth-order valence-electron chi connectivity index (χ4n) is 4.63. The predicted molar refractivity (Wildman–Crippen MR) is 85.0 cm³/mol. The number of rotatable bonds is 4. The zero-order valence-corrected chi connectivity index (χ0v) is 13.7. The van der Waals surface area contributed by atoms with Crippen molar-refractivity contribution in [2.75, 3.05) is 19.6 Å². The van der Waals surface area contributed by atoms with E-state index in [9.17, 15) is 4.79 Å². The minimum Gasteiger partial charge on any atom is -0.321 e. The molecule has 3 aliphatic rings. The van der Waals surface area contributed by atoms with Crippen molar-refractivity contribution in [3.63, 3.8) is 0 Å². The van der Waals surface area contributed by atoms with Gasteiger partial charge in [-0.3, -0.25) is 10.1 Å². The van der Waals surface area contributed by atoms with Crippen LogP contribution in [0.2, 0.25) is 0 Å². The normalized spacial score (nSPS) is 33.2. The van der Waals surface area contributed by atoms with Crippen LogP contribution in [0.25, 0.3) is 0 Å². The van der Waals surface area contributed by atoms with Crippen LogP contribution in [0.4, 0.5) is 0 Å². The first-order valence-electron chi connectivity index (χ1n) is 9.03. The Morgan fingerprint density at radius 3 is 2.67 bits per heavy atom. The van der Waals surface area contributed by atoms with E-state index in [0.717, 1.165) is 38.8 Å². The number of hydrogen-bond donors (Lipinski definition) is 1. The Bertz CT molecular complexity index is 378. The summed E-state index contributed by atoms with van der Waals surface area (Å²) < 4.78 is 0. The second-order valence-electron chi connectivity index (χ2n) is 7.14. The number of piperidine rings is 1. The van der Waals surface area contributed by atoms with Gasteiger partial charge in [0.05, 0.1) is 11.7 Å². The van der Waals surface area contributed by atoms with Gasteiger partial charge < -0.3 is 9.80 Å². The van der Waals surface area contributed by atoms with Crippen molar-refractivity contribution >= 4 is 5.91 Å². The maximum Gasteiger partial charge on any atom is 0.244 e. The second kappa shape index (κ2) is 6.25. The number of likely N-dealkylation sites (N-methyl/N-ethyl adjacent to an activating group) is 1. The number of nitrogens with zero attached hydrogens (tertiary/aromatic N) is 2. The molecule has 0 bridgehead atoms. The molecule has 2 heterocycles. The van der Waals surface area contributed by atoms with Crippen molar-refractivity contribution < 1.29 is 4.79 Å². The van der Waals surface area contributed by atoms with E-state index in [1.165, 1.54) is 32.2 Å². The van der Waals surface area contributed by atoms with Gasteiger partial charge in [-0.05, 0) is 45.2 Å². The molecule has 21 heavy (non-hydrogen) atoms. The van der Waals surface area contributed by atoms with E-state index in [0.29, 0.717) is 11.9 Å². The van der Waals surface area contributed by atoms with Crippen molar-refractivity contribution in [2.24, 2.45) is 0 Å². The Labute approximate surface area is 129 Å². The molecule has 0 aromatic heterocycles. The highest BCUT2D eigenvalue weighted by Crippen LogP contribution is 2.39. The maximum absolute atomic E-state index is 13.2. The van der Waals surface area contributed by atoms with Crippen LogP contribution >= 0.6 is 0 Å². The Morgan fingerprint density at radius 1 is 1.24 bits per heavy atom. The Hall–Kier alpha value is -0.610. The van der Waals surface area contributed by atoms with E-state index in [1.807, 2.05) is 0 Å². The highest BCUT2D eigenvalue weighted by Gasteiger charge is 2.53. The summed E-state index contributed by atoms with van der Waals surface area (Å²) in [5.74, 6) is 0.418. The average molecular weight is 293 g/mol. The molecule has 0 aromatic carbocycles. The molecule has 3 fully saturated rings.